The molecule has 1 aliphatic rings. The van der Waals surface area contributed by atoms with Crippen LogP contribution in [0.25, 0.3) is 0 Å². The molecule has 1 fully saturated rings. The van der Waals surface area contributed by atoms with Crippen LogP contribution in [0.5, 0.6) is 0 Å². The Bertz CT molecular complexity index is 652. The zero-order valence-corrected chi connectivity index (χ0v) is 13.2. The van der Waals surface area contributed by atoms with E-state index in [1.807, 2.05) is 6.26 Å². The van der Waals surface area contributed by atoms with Gasteiger partial charge in [-0.25, -0.2) is 4.98 Å². The van der Waals surface area contributed by atoms with Crippen molar-refractivity contribution < 1.29 is 0 Å². The zero-order chi connectivity index (χ0) is 13.9. The Hall–Kier alpha value is -1.06. The monoisotopic (exact) mass is 327 g/mol. The minimum Gasteiger partial charge on any atom is -0.357 e. The van der Waals surface area contributed by atoms with E-state index in [0.29, 0.717) is 17.0 Å². The van der Waals surface area contributed by atoms with Gasteiger partial charge in [-0.2, -0.15) is 0 Å². The molecule has 2 heterocycles. The number of thioether (sulfide) groups is 2. The number of anilines is 1. The maximum Gasteiger partial charge on any atom is 0.251 e. The summed E-state index contributed by atoms with van der Waals surface area (Å²) in [6, 6.07) is 2.11. The second kappa shape index (κ2) is 6.15. The maximum atomic E-state index is 11.5. The first-order valence-corrected chi connectivity index (χ1v) is 9.12. The van der Waals surface area contributed by atoms with Gasteiger partial charge in [-0.15, -0.1) is 10.2 Å². The summed E-state index contributed by atoms with van der Waals surface area (Å²) >= 11 is 4.52. The minimum atomic E-state index is -0.117. The van der Waals surface area contributed by atoms with Gasteiger partial charge in [0.1, 0.15) is 0 Å². The molecular weight excluding hydrogens is 314 g/mol. The Kier molecular flexibility index (Phi) is 4.27. The van der Waals surface area contributed by atoms with Crippen molar-refractivity contribution >= 4 is 40.0 Å². The standard InChI is InChI=1S/C11H13N5OS3/c1-18-9-13-7(4-8(17)14-9)5-19-11-16-15-10(20-11)12-6-2-3-6/h4,6H,2-3,5H2,1H3,(H,12,15)(H,13,14,17). The highest BCUT2D eigenvalue weighted by Gasteiger charge is 2.22. The summed E-state index contributed by atoms with van der Waals surface area (Å²) in [5.41, 5.74) is 0.642. The lowest BCUT2D eigenvalue weighted by Gasteiger charge is -2.00. The summed E-state index contributed by atoms with van der Waals surface area (Å²) in [7, 11) is 0. The van der Waals surface area contributed by atoms with E-state index in [9.17, 15) is 4.79 Å². The number of rotatable bonds is 6. The first-order valence-electron chi connectivity index (χ1n) is 6.10. The van der Waals surface area contributed by atoms with E-state index in [0.717, 1.165) is 15.2 Å². The highest BCUT2D eigenvalue weighted by atomic mass is 32.2. The fraction of sp³-hybridized carbons (Fsp3) is 0.455. The highest BCUT2D eigenvalue weighted by Crippen LogP contribution is 2.31. The maximum absolute atomic E-state index is 11.5. The van der Waals surface area contributed by atoms with Gasteiger partial charge < -0.3 is 10.3 Å². The highest BCUT2D eigenvalue weighted by molar-refractivity contribution is 8.00. The smallest absolute Gasteiger partial charge is 0.251 e. The van der Waals surface area contributed by atoms with E-state index in [2.05, 4.69) is 25.5 Å². The van der Waals surface area contributed by atoms with Crippen molar-refractivity contribution in [1.82, 2.24) is 20.2 Å². The van der Waals surface area contributed by atoms with E-state index >= 15 is 0 Å². The summed E-state index contributed by atoms with van der Waals surface area (Å²) in [6.07, 6.45) is 4.32. The molecule has 1 saturated carbocycles. The third-order valence-electron chi connectivity index (χ3n) is 2.62. The molecule has 2 N–H and O–H groups in total. The lowest BCUT2D eigenvalue weighted by molar-refractivity contribution is 0.901. The number of hydrogen-bond acceptors (Lipinski definition) is 8. The van der Waals surface area contributed by atoms with Gasteiger partial charge in [0.15, 0.2) is 9.50 Å². The molecule has 0 unspecified atom stereocenters. The number of aromatic amines is 1. The lowest BCUT2D eigenvalue weighted by atomic mass is 10.5. The summed E-state index contributed by atoms with van der Waals surface area (Å²) < 4.78 is 0.890. The van der Waals surface area contributed by atoms with Crippen molar-refractivity contribution in [2.75, 3.05) is 11.6 Å². The first kappa shape index (κ1) is 13.9. The molecule has 0 spiro atoms. The molecule has 0 amide bonds. The van der Waals surface area contributed by atoms with E-state index in [1.165, 1.54) is 30.7 Å². The van der Waals surface area contributed by atoms with Gasteiger partial charge in [0, 0.05) is 17.9 Å². The average Bonchev–Trinajstić information content (AvgIpc) is 3.13. The van der Waals surface area contributed by atoms with Crippen molar-refractivity contribution in [3.8, 4) is 0 Å². The lowest BCUT2D eigenvalue weighted by Crippen LogP contribution is -2.09. The molecule has 0 saturated heterocycles. The van der Waals surface area contributed by atoms with E-state index in [1.54, 1.807) is 23.1 Å². The zero-order valence-electron chi connectivity index (χ0n) is 10.8. The Morgan fingerprint density at radius 3 is 3.10 bits per heavy atom. The number of nitrogens with one attached hydrogen (secondary N) is 2. The van der Waals surface area contributed by atoms with E-state index in [-0.39, 0.29) is 5.56 Å². The normalized spacial score (nSPS) is 14.4. The summed E-state index contributed by atoms with van der Waals surface area (Å²) in [5, 5.41) is 13.1. The van der Waals surface area contributed by atoms with Crippen LogP contribution in [-0.2, 0) is 5.75 Å². The van der Waals surface area contributed by atoms with Crippen LogP contribution in [0, 0.1) is 0 Å². The Labute approximate surface area is 128 Å². The van der Waals surface area contributed by atoms with Crippen LogP contribution in [0.1, 0.15) is 18.5 Å². The van der Waals surface area contributed by atoms with Crippen LogP contribution in [0.4, 0.5) is 5.13 Å². The largest absolute Gasteiger partial charge is 0.357 e. The van der Waals surface area contributed by atoms with Gasteiger partial charge in [-0.05, 0) is 19.1 Å². The second-order valence-corrected chi connectivity index (χ2v) is 7.32. The molecule has 106 valence electrons. The summed E-state index contributed by atoms with van der Waals surface area (Å²) in [6.45, 7) is 0. The van der Waals surface area contributed by atoms with Crippen molar-refractivity contribution in [1.29, 1.82) is 0 Å². The predicted molar refractivity (Wildman–Crippen MR) is 82.8 cm³/mol. The van der Waals surface area contributed by atoms with Crippen molar-refractivity contribution in [2.24, 2.45) is 0 Å². The van der Waals surface area contributed by atoms with Gasteiger partial charge in [-0.3, -0.25) is 4.79 Å². The molecule has 0 aliphatic heterocycles. The van der Waals surface area contributed by atoms with Crippen LogP contribution < -0.4 is 10.9 Å². The van der Waals surface area contributed by atoms with Crippen molar-refractivity contribution in [3.05, 3.63) is 22.1 Å². The Morgan fingerprint density at radius 1 is 1.50 bits per heavy atom. The molecule has 9 heteroatoms. The molecule has 6 nitrogen and oxygen atoms in total. The minimum absolute atomic E-state index is 0.117. The fourth-order valence-corrected chi connectivity index (χ4v) is 3.65. The molecule has 0 radical (unpaired) electrons. The Morgan fingerprint density at radius 2 is 2.35 bits per heavy atom. The van der Waals surface area contributed by atoms with Gasteiger partial charge in [0.05, 0.1) is 5.69 Å². The van der Waals surface area contributed by atoms with Crippen LogP contribution in [0.15, 0.2) is 20.4 Å². The van der Waals surface area contributed by atoms with Gasteiger partial charge in [-0.1, -0.05) is 34.9 Å². The van der Waals surface area contributed by atoms with Crippen LogP contribution in [0.2, 0.25) is 0 Å². The number of H-pyrrole nitrogens is 1. The summed E-state index contributed by atoms with van der Waals surface area (Å²) in [5.74, 6) is 0.621. The second-order valence-electron chi connectivity index (χ2n) is 4.33. The van der Waals surface area contributed by atoms with Crippen LogP contribution >= 0.6 is 34.9 Å². The van der Waals surface area contributed by atoms with E-state index in [4.69, 9.17) is 0 Å². The predicted octanol–water partition coefficient (Wildman–Crippen LogP) is 2.21. The summed E-state index contributed by atoms with van der Waals surface area (Å²) in [4.78, 5) is 18.5. The SMILES string of the molecule is CSc1nc(CSc2nnc(NC3CC3)s2)cc(=O)[nH]1. The van der Waals surface area contributed by atoms with Gasteiger partial charge >= 0.3 is 0 Å². The third kappa shape index (κ3) is 3.74. The number of aromatic nitrogens is 4. The average molecular weight is 327 g/mol. The molecule has 0 aromatic carbocycles. The molecule has 3 rings (SSSR count). The van der Waals surface area contributed by atoms with Gasteiger partial charge in [0.2, 0.25) is 5.13 Å². The van der Waals surface area contributed by atoms with Gasteiger partial charge in [0.25, 0.3) is 5.56 Å². The molecule has 20 heavy (non-hydrogen) atoms. The molecule has 1 aliphatic carbocycles. The van der Waals surface area contributed by atoms with Crippen molar-refractivity contribution in [2.45, 2.75) is 34.1 Å². The molecule has 0 bridgehead atoms. The number of nitrogens with zero attached hydrogens (tertiary/aromatic N) is 3. The number of hydrogen-bond donors (Lipinski definition) is 2. The third-order valence-corrected chi connectivity index (χ3v) is 5.22. The molecular formula is C11H13N5OS3. The topological polar surface area (TPSA) is 83.6 Å². The van der Waals surface area contributed by atoms with Crippen LogP contribution in [0.3, 0.4) is 0 Å². The van der Waals surface area contributed by atoms with Crippen LogP contribution in [-0.4, -0.2) is 32.5 Å². The molecule has 0 atom stereocenters. The fourth-order valence-electron chi connectivity index (χ4n) is 1.52. The quantitative estimate of drug-likeness (QED) is 0.621. The molecule has 2 aromatic rings. The van der Waals surface area contributed by atoms with Crippen molar-refractivity contribution in [3.63, 3.8) is 0 Å². The van der Waals surface area contributed by atoms with E-state index < -0.39 is 0 Å². The Balaban J connectivity index is 1.62. The molecule has 2 aromatic heterocycles. The first-order chi connectivity index (χ1) is 9.72.